The van der Waals surface area contributed by atoms with Crippen molar-refractivity contribution in [3.63, 3.8) is 0 Å². The van der Waals surface area contributed by atoms with Gasteiger partial charge >= 0.3 is 0 Å². The molecule has 2 heterocycles. The van der Waals surface area contributed by atoms with E-state index >= 15 is 0 Å². The third kappa shape index (κ3) is 14.1. The number of likely N-dealkylation sites (tertiary alicyclic amines) is 1. The van der Waals surface area contributed by atoms with Crippen LogP contribution in [0.1, 0.15) is 60.3 Å². The normalized spacial score (nSPS) is 24.8. The maximum atomic E-state index is 13.7. The van der Waals surface area contributed by atoms with Gasteiger partial charge in [0.05, 0.1) is 31.2 Å². The predicted molar refractivity (Wildman–Crippen MR) is 191 cm³/mol. The Balaban J connectivity index is 2.25. The first-order chi connectivity index (χ1) is 23.9. The van der Waals surface area contributed by atoms with Crippen molar-refractivity contribution in [3.8, 4) is 0 Å². The minimum Gasteiger partial charge on any atom is -0.390 e. The van der Waals surface area contributed by atoms with Crippen molar-refractivity contribution in [2.45, 2.75) is 103 Å². The maximum absolute atomic E-state index is 13.7. The molecule has 2 rings (SSSR count). The van der Waals surface area contributed by atoms with E-state index in [1.165, 1.54) is 28.5 Å². The predicted octanol–water partition coefficient (Wildman–Crippen LogP) is -3.17. The monoisotopic (exact) mass is 759 g/mol. The molecular formula is C31H53N9O9S2. The molecule has 0 saturated carbocycles. The number of hydrogen-bond donors (Lipinski definition) is 9. The van der Waals surface area contributed by atoms with E-state index in [4.69, 9.17) is 11.5 Å². The average Bonchev–Trinajstić information content (AvgIpc) is 3.51. The van der Waals surface area contributed by atoms with E-state index in [1.807, 2.05) is 6.92 Å². The lowest BCUT2D eigenvalue weighted by Crippen LogP contribution is -2.59. The molecule has 51 heavy (non-hydrogen) atoms. The fraction of sp³-hybridized carbons (Fsp3) is 0.742. The van der Waals surface area contributed by atoms with Gasteiger partial charge in [-0.25, -0.2) is 0 Å². The quantitative estimate of drug-likeness (QED) is 0.0794. The first-order valence-corrected chi connectivity index (χ1v) is 19.4. The van der Waals surface area contributed by atoms with Crippen LogP contribution < -0.4 is 43.4 Å². The lowest BCUT2D eigenvalue weighted by molar-refractivity contribution is -0.134. The van der Waals surface area contributed by atoms with Crippen LogP contribution in [-0.4, -0.2) is 131 Å². The second kappa shape index (κ2) is 21.0. The first kappa shape index (κ1) is 43.5. The Hall–Kier alpha value is -3.62. The average molecular weight is 760 g/mol. The molecule has 0 spiro atoms. The van der Waals surface area contributed by atoms with Crippen LogP contribution in [0, 0.1) is 11.8 Å². The lowest BCUT2D eigenvalue weighted by atomic mass is 9.96. The van der Waals surface area contributed by atoms with Gasteiger partial charge in [-0.05, 0) is 31.2 Å². The van der Waals surface area contributed by atoms with E-state index in [9.17, 15) is 43.5 Å². The number of primary amides is 2. The largest absolute Gasteiger partial charge is 0.390 e. The van der Waals surface area contributed by atoms with Crippen LogP contribution in [0.15, 0.2) is 0 Å². The summed E-state index contributed by atoms with van der Waals surface area (Å²) in [5.41, 5.74) is 10.8. The van der Waals surface area contributed by atoms with Gasteiger partial charge in [0, 0.05) is 25.0 Å². The zero-order valence-corrected chi connectivity index (χ0v) is 31.3. The summed E-state index contributed by atoms with van der Waals surface area (Å²) in [5, 5.41) is 27.0. The third-order valence-electron chi connectivity index (χ3n) is 8.68. The first-order valence-electron chi connectivity index (χ1n) is 16.9. The van der Waals surface area contributed by atoms with E-state index in [1.54, 1.807) is 25.7 Å². The molecule has 0 bridgehead atoms. The van der Waals surface area contributed by atoms with Gasteiger partial charge in [-0.15, -0.1) is 0 Å². The molecule has 8 atom stereocenters. The molecule has 0 aromatic heterocycles. The van der Waals surface area contributed by atoms with Crippen molar-refractivity contribution >= 4 is 68.8 Å². The molecule has 20 heteroatoms. The van der Waals surface area contributed by atoms with E-state index in [0.29, 0.717) is 25.8 Å². The van der Waals surface area contributed by atoms with Gasteiger partial charge < -0.3 is 48.5 Å². The molecule has 3 unspecified atom stereocenters. The van der Waals surface area contributed by atoms with Crippen molar-refractivity contribution in [2.75, 3.05) is 31.1 Å². The van der Waals surface area contributed by atoms with Crippen molar-refractivity contribution in [1.29, 1.82) is 0 Å². The molecule has 8 amide bonds. The molecule has 0 radical (unpaired) electrons. The molecule has 11 N–H and O–H groups in total. The third-order valence-corrected chi connectivity index (χ3v) is 11.1. The van der Waals surface area contributed by atoms with E-state index in [2.05, 4.69) is 31.9 Å². The number of aliphatic hydroxyl groups is 1. The Morgan fingerprint density at radius 1 is 0.980 bits per heavy atom. The summed E-state index contributed by atoms with van der Waals surface area (Å²) in [7, 11) is 2.41. The summed E-state index contributed by atoms with van der Waals surface area (Å²) in [4.78, 5) is 103. The van der Waals surface area contributed by atoms with Gasteiger partial charge in [-0.3, -0.25) is 43.3 Å². The van der Waals surface area contributed by atoms with Gasteiger partial charge in [0.15, 0.2) is 0 Å². The second-order valence-electron chi connectivity index (χ2n) is 13.2. The van der Waals surface area contributed by atoms with Crippen LogP contribution in [0.2, 0.25) is 0 Å². The number of carbonyl (C=O) groups is 8. The summed E-state index contributed by atoms with van der Waals surface area (Å²) in [6.07, 6.45) is -0.202. The van der Waals surface area contributed by atoms with Crippen LogP contribution in [0.25, 0.3) is 0 Å². The molecule has 2 aliphatic rings. The number of nitrogens with zero attached hydrogens (tertiary/aromatic N) is 1. The number of nitrogens with one attached hydrogen (secondary N) is 6. The van der Waals surface area contributed by atoms with Gasteiger partial charge in [0.2, 0.25) is 47.3 Å². The summed E-state index contributed by atoms with van der Waals surface area (Å²) >= 11 is 0. The molecule has 288 valence electrons. The summed E-state index contributed by atoms with van der Waals surface area (Å²) in [5.74, 6) is -5.54. The van der Waals surface area contributed by atoms with Crippen molar-refractivity contribution in [2.24, 2.45) is 23.3 Å². The Morgan fingerprint density at radius 3 is 2.24 bits per heavy atom. The SMILES string of the molecule is CCC(C)C(NC(=O)C1CCCN1C[C@@H](O)[C@@H]1CSSC[C@H](NC(C)=O)C(=O)NCC(=O)N[C@@H](CC(N)=O)C(=O)N1)C(=O)N[C@H](C(N)=O)C(C)C. The molecule has 18 nitrogen and oxygen atoms in total. The molecular weight excluding hydrogens is 707 g/mol. The second-order valence-corrected chi connectivity index (χ2v) is 15.7. The zero-order chi connectivity index (χ0) is 38.4. The molecule has 2 fully saturated rings. The standard InChI is InChI=1S/C31H53N9O9S2/c1-6-16(4)26(31(49)38-25(15(2)3)27(33)45)39-30(48)21-8-7-9-40(21)12-22(42)19-13-50-51-14-20(35-17(5)41)28(46)34-11-24(44)36-18(10-23(32)43)29(47)37-19/h15-16,18-22,25-26,42H,6-14H2,1-5H3,(H2,32,43)(H2,33,45)(H,34,46)(H,35,41)(H,36,44)(H,37,47)(H,38,49)(H,39,48)/t16?,18-,19-,20-,21?,22+,25-,26?/m0/s1. The Kier molecular flexibility index (Phi) is 18.0. The number of hydrogen-bond acceptors (Lipinski definition) is 12. The summed E-state index contributed by atoms with van der Waals surface area (Å²) < 4.78 is 0. The highest BCUT2D eigenvalue weighted by Gasteiger charge is 2.38. The van der Waals surface area contributed by atoms with Crippen LogP contribution in [-0.2, 0) is 38.4 Å². The van der Waals surface area contributed by atoms with Crippen LogP contribution in [0.5, 0.6) is 0 Å². The number of β-amino-alcohol motifs (C(OH)–C–C–N with tert-alkyl or cyclic N) is 1. The van der Waals surface area contributed by atoms with Crippen LogP contribution >= 0.6 is 21.6 Å². The molecule has 0 aromatic rings. The summed E-state index contributed by atoms with van der Waals surface area (Å²) in [6.45, 7) is 8.24. The zero-order valence-electron chi connectivity index (χ0n) is 29.7. The van der Waals surface area contributed by atoms with Crippen molar-refractivity contribution in [1.82, 2.24) is 36.8 Å². The number of carbonyl (C=O) groups excluding carboxylic acids is 8. The number of aliphatic hydroxyl groups excluding tert-OH is 1. The highest BCUT2D eigenvalue weighted by Crippen LogP contribution is 2.25. The molecule has 0 aromatic carbocycles. The van der Waals surface area contributed by atoms with E-state index in [-0.39, 0.29) is 29.9 Å². The molecule has 0 aliphatic carbocycles. The van der Waals surface area contributed by atoms with Crippen LogP contribution in [0.3, 0.4) is 0 Å². The van der Waals surface area contributed by atoms with Gasteiger partial charge in [0.1, 0.15) is 24.2 Å². The van der Waals surface area contributed by atoms with Gasteiger partial charge in [0.25, 0.3) is 0 Å². The van der Waals surface area contributed by atoms with Crippen molar-refractivity contribution < 1.29 is 43.5 Å². The van der Waals surface area contributed by atoms with Crippen LogP contribution in [0.4, 0.5) is 0 Å². The maximum Gasteiger partial charge on any atom is 0.243 e. The molecule has 2 aliphatic heterocycles. The Labute approximate surface area is 305 Å². The summed E-state index contributed by atoms with van der Waals surface area (Å²) in [6, 6.07) is -5.94. The van der Waals surface area contributed by atoms with E-state index in [0.717, 1.165) is 0 Å². The van der Waals surface area contributed by atoms with Gasteiger partial charge in [-0.2, -0.15) is 0 Å². The fourth-order valence-corrected chi connectivity index (χ4v) is 8.06. The minimum atomic E-state index is -1.41. The highest BCUT2D eigenvalue weighted by molar-refractivity contribution is 8.76. The Morgan fingerprint density at radius 2 is 1.65 bits per heavy atom. The molecule has 2 saturated heterocycles. The Bertz CT molecular complexity index is 1290. The fourth-order valence-electron chi connectivity index (χ4n) is 5.61. The van der Waals surface area contributed by atoms with E-state index < -0.39 is 103 Å². The number of amides is 8. The minimum absolute atomic E-state index is 0.0602. The lowest BCUT2D eigenvalue weighted by Gasteiger charge is -2.33. The van der Waals surface area contributed by atoms with Gasteiger partial charge in [-0.1, -0.05) is 55.7 Å². The smallest absolute Gasteiger partial charge is 0.243 e. The highest BCUT2D eigenvalue weighted by atomic mass is 33.1. The number of nitrogens with two attached hydrogens (primary N) is 2. The van der Waals surface area contributed by atoms with Crippen molar-refractivity contribution in [3.05, 3.63) is 0 Å². The number of rotatable bonds is 14. The topological polar surface area (TPSA) is 284 Å².